The van der Waals surface area contributed by atoms with Crippen molar-refractivity contribution in [3.63, 3.8) is 0 Å². The van der Waals surface area contributed by atoms with Crippen molar-refractivity contribution < 1.29 is 9.53 Å². The van der Waals surface area contributed by atoms with Crippen LogP contribution in [0.4, 0.5) is 5.69 Å². The molecule has 0 spiro atoms. The molecule has 3 nitrogen and oxygen atoms in total. The second-order valence-corrected chi connectivity index (χ2v) is 5.02. The fraction of sp³-hybridized carbons (Fsp3) is 0.533. The monoisotopic (exact) mass is 249 g/mol. The summed E-state index contributed by atoms with van der Waals surface area (Å²) in [6.45, 7) is 9.01. The van der Waals surface area contributed by atoms with E-state index in [1.54, 1.807) is 0 Å². The number of para-hydroxylation sites is 1. The largest absolute Gasteiger partial charge is 0.464 e. The maximum Gasteiger partial charge on any atom is 0.325 e. The topological polar surface area (TPSA) is 38.3 Å². The Hall–Kier alpha value is -1.51. The Morgan fingerprint density at radius 3 is 2.44 bits per heavy atom. The molecule has 0 aliphatic carbocycles. The highest BCUT2D eigenvalue weighted by Gasteiger charge is 2.06. The van der Waals surface area contributed by atoms with Gasteiger partial charge in [-0.2, -0.15) is 0 Å². The summed E-state index contributed by atoms with van der Waals surface area (Å²) < 4.78 is 5.15. The Morgan fingerprint density at radius 1 is 1.28 bits per heavy atom. The fourth-order valence-corrected chi connectivity index (χ4v) is 1.71. The normalized spacial score (nSPS) is 10.5. The summed E-state index contributed by atoms with van der Waals surface area (Å²) >= 11 is 0. The van der Waals surface area contributed by atoms with Gasteiger partial charge in [0, 0.05) is 5.69 Å². The highest BCUT2D eigenvalue weighted by Crippen LogP contribution is 2.18. The molecule has 0 fully saturated rings. The van der Waals surface area contributed by atoms with Gasteiger partial charge in [0.1, 0.15) is 6.54 Å². The minimum absolute atomic E-state index is 0.196. The molecule has 0 heterocycles. The van der Waals surface area contributed by atoms with Gasteiger partial charge in [-0.05, 0) is 37.3 Å². The smallest absolute Gasteiger partial charge is 0.325 e. The molecule has 0 saturated heterocycles. The Balaban J connectivity index is 2.38. The van der Waals surface area contributed by atoms with Gasteiger partial charge in [-0.25, -0.2) is 0 Å². The van der Waals surface area contributed by atoms with Crippen LogP contribution in [-0.2, 0) is 9.53 Å². The molecule has 1 aromatic carbocycles. The average molecular weight is 249 g/mol. The summed E-state index contributed by atoms with van der Waals surface area (Å²) in [5.74, 6) is 0.364. The van der Waals surface area contributed by atoms with Crippen molar-refractivity contribution in [1.82, 2.24) is 0 Å². The van der Waals surface area contributed by atoms with E-state index in [-0.39, 0.29) is 12.5 Å². The first-order valence-electron chi connectivity index (χ1n) is 6.46. The van der Waals surface area contributed by atoms with Crippen LogP contribution in [0.15, 0.2) is 18.2 Å². The molecule has 100 valence electrons. The molecule has 0 radical (unpaired) electrons. The van der Waals surface area contributed by atoms with Crippen LogP contribution in [0.1, 0.15) is 31.4 Å². The van der Waals surface area contributed by atoms with E-state index in [9.17, 15) is 4.79 Å². The summed E-state index contributed by atoms with van der Waals surface area (Å²) in [5.41, 5.74) is 3.31. The molecule has 0 saturated carbocycles. The third-order valence-corrected chi connectivity index (χ3v) is 2.85. The lowest BCUT2D eigenvalue weighted by atomic mass is 10.1. The SMILES string of the molecule is Cc1cccc(C)c1NCC(=O)OCCC(C)C. The molecule has 1 N–H and O–H groups in total. The molecule has 0 aliphatic heterocycles. The van der Waals surface area contributed by atoms with E-state index >= 15 is 0 Å². The van der Waals surface area contributed by atoms with Crippen LogP contribution in [0.3, 0.4) is 0 Å². The highest BCUT2D eigenvalue weighted by atomic mass is 16.5. The maximum atomic E-state index is 11.5. The van der Waals surface area contributed by atoms with Crippen molar-refractivity contribution >= 4 is 11.7 Å². The van der Waals surface area contributed by atoms with Gasteiger partial charge in [-0.15, -0.1) is 0 Å². The summed E-state index contributed by atoms with van der Waals surface area (Å²) in [7, 11) is 0. The number of anilines is 1. The van der Waals surface area contributed by atoms with Crippen LogP contribution in [-0.4, -0.2) is 19.1 Å². The lowest BCUT2D eigenvalue weighted by molar-refractivity contribution is -0.141. The molecule has 18 heavy (non-hydrogen) atoms. The first-order valence-corrected chi connectivity index (χ1v) is 6.46. The zero-order valence-corrected chi connectivity index (χ0v) is 11.7. The van der Waals surface area contributed by atoms with Crippen molar-refractivity contribution in [3.8, 4) is 0 Å². The van der Waals surface area contributed by atoms with E-state index in [1.807, 2.05) is 32.0 Å². The Morgan fingerprint density at radius 2 is 1.89 bits per heavy atom. The quantitative estimate of drug-likeness (QED) is 0.786. The number of hydrogen-bond acceptors (Lipinski definition) is 3. The van der Waals surface area contributed by atoms with Crippen molar-refractivity contribution in [2.75, 3.05) is 18.5 Å². The van der Waals surface area contributed by atoms with E-state index in [0.29, 0.717) is 12.5 Å². The number of hydrogen-bond donors (Lipinski definition) is 1. The van der Waals surface area contributed by atoms with E-state index in [4.69, 9.17) is 4.74 Å². The van der Waals surface area contributed by atoms with Crippen LogP contribution < -0.4 is 5.32 Å². The van der Waals surface area contributed by atoms with Crippen LogP contribution in [0.2, 0.25) is 0 Å². The number of esters is 1. The lowest BCUT2D eigenvalue weighted by Crippen LogP contribution is -2.18. The first kappa shape index (κ1) is 14.6. The first-order chi connectivity index (χ1) is 8.50. The molecular weight excluding hydrogens is 226 g/mol. The summed E-state index contributed by atoms with van der Waals surface area (Å²) in [6, 6.07) is 6.07. The number of aryl methyl sites for hydroxylation is 2. The molecule has 1 aromatic rings. The van der Waals surface area contributed by atoms with Crippen LogP contribution in [0.5, 0.6) is 0 Å². The van der Waals surface area contributed by atoms with Crippen molar-refractivity contribution in [2.45, 2.75) is 34.1 Å². The minimum atomic E-state index is -0.196. The van der Waals surface area contributed by atoms with Crippen LogP contribution in [0, 0.1) is 19.8 Å². The van der Waals surface area contributed by atoms with Gasteiger partial charge in [0.2, 0.25) is 0 Å². The number of ether oxygens (including phenoxy) is 1. The predicted octanol–water partition coefficient (Wildman–Crippen LogP) is 3.30. The fourth-order valence-electron chi connectivity index (χ4n) is 1.71. The van der Waals surface area contributed by atoms with Gasteiger partial charge in [0.15, 0.2) is 0 Å². The average Bonchev–Trinajstić information content (AvgIpc) is 2.27. The molecule has 0 unspecified atom stereocenters. The summed E-state index contributed by atoms with van der Waals surface area (Å²) in [4.78, 5) is 11.5. The number of carbonyl (C=O) groups is 1. The van der Waals surface area contributed by atoms with Gasteiger partial charge < -0.3 is 10.1 Å². The maximum absolute atomic E-state index is 11.5. The third kappa shape index (κ3) is 4.78. The second kappa shape index (κ2) is 7.04. The van der Waals surface area contributed by atoms with Crippen LogP contribution in [0.25, 0.3) is 0 Å². The van der Waals surface area contributed by atoms with Gasteiger partial charge in [0.05, 0.1) is 6.61 Å². The number of carbonyl (C=O) groups excluding carboxylic acids is 1. The molecule has 1 rings (SSSR count). The van der Waals surface area contributed by atoms with E-state index in [1.165, 1.54) is 0 Å². The predicted molar refractivity (Wildman–Crippen MR) is 74.8 cm³/mol. The second-order valence-electron chi connectivity index (χ2n) is 5.02. The zero-order chi connectivity index (χ0) is 13.5. The Bertz CT molecular complexity index is 379. The molecule has 0 amide bonds. The minimum Gasteiger partial charge on any atom is -0.464 e. The number of rotatable bonds is 6. The third-order valence-electron chi connectivity index (χ3n) is 2.85. The van der Waals surface area contributed by atoms with Gasteiger partial charge in [-0.3, -0.25) is 4.79 Å². The molecule has 0 atom stereocenters. The summed E-state index contributed by atoms with van der Waals surface area (Å²) in [6.07, 6.45) is 0.912. The van der Waals surface area contributed by atoms with Crippen LogP contribution >= 0.6 is 0 Å². The Labute approximate surface area is 110 Å². The van der Waals surface area contributed by atoms with Gasteiger partial charge in [-0.1, -0.05) is 32.0 Å². The van der Waals surface area contributed by atoms with E-state index < -0.39 is 0 Å². The van der Waals surface area contributed by atoms with Crippen molar-refractivity contribution in [2.24, 2.45) is 5.92 Å². The molecule has 0 aromatic heterocycles. The highest BCUT2D eigenvalue weighted by molar-refractivity contribution is 5.76. The number of nitrogens with one attached hydrogen (secondary N) is 1. The molecule has 0 bridgehead atoms. The number of benzene rings is 1. The molecule has 0 aliphatic rings. The van der Waals surface area contributed by atoms with E-state index in [2.05, 4.69) is 19.2 Å². The van der Waals surface area contributed by atoms with Gasteiger partial charge >= 0.3 is 5.97 Å². The Kier molecular flexibility index (Phi) is 5.69. The van der Waals surface area contributed by atoms with Crippen molar-refractivity contribution in [3.05, 3.63) is 29.3 Å². The zero-order valence-electron chi connectivity index (χ0n) is 11.7. The van der Waals surface area contributed by atoms with E-state index in [0.717, 1.165) is 23.2 Å². The lowest BCUT2D eigenvalue weighted by Gasteiger charge is -2.12. The summed E-state index contributed by atoms with van der Waals surface area (Å²) in [5, 5.41) is 3.14. The molecule has 3 heteroatoms. The van der Waals surface area contributed by atoms with Gasteiger partial charge in [0.25, 0.3) is 0 Å². The standard InChI is InChI=1S/C15H23NO2/c1-11(2)8-9-18-14(17)10-16-15-12(3)6-5-7-13(15)4/h5-7,11,16H,8-10H2,1-4H3. The molecular formula is C15H23NO2. The van der Waals surface area contributed by atoms with Crippen molar-refractivity contribution in [1.29, 1.82) is 0 Å².